The number of hydrogen-bond acceptors (Lipinski definition) is 3. The molecular weight excluding hydrogens is 216 g/mol. The van der Waals surface area contributed by atoms with Gasteiger partial charge in [-0.2, -0.15) is 0 Å². The molecule has 0 spiro atoms. The molecule has 1 amide bonds. The maximum atomic E-state index is 11.5. The lowest BCUT2D eigenvalue weighted by Crippen LogP contribution is -2.40. The predicted molar refractivity (Wildman–Crippen MR) is 71.0 cm³/mol. The van der Waals surface area contributed by atoms with Crippen LogP contribution in [0.2, 0.25) is 0 Å². The summed E-state index contributed by atoms with van der Waals surface area (Å²) in [7, 11) is 0. The number of carbonyl (C=O) groups excluding carboxylic acids is 1. The van der Waals surface area contributed by atoms with Crippen molar-refractivity contribution in [3.8, 4) is 0 Å². The standard InChI is InChI=1S/C13H26N2O2/c1-5-12(6-2)15-13(16)9-14-7-8-17-10-11(3)4/h12,14H,3,5-10H2,1-2,4H3,(H,15,16). The maximum absolute atomic E-state index is 11.5. The van der Waals surface area contributed by atoms with Gasteiger partial charge < -0.3 is 15.4 Å². The summed E-state index contributed by atoms with van der Waals surface area (Å²) in [6.45, 7) is 12.0. The van der Waals surface area contributed by atoms with E-state index in [1.165, 1.54) is 0 Å². The molecule has 0 fully saturated rings. The monoisotopic (exact) mass is 242 g/mol. The van der Waals surface area contributed by atoms with E-state index < -0.39 is 0 Å². The van der Waals surface area contributed by atoms with E-state index in [2.05, 4.69) is 31.1 Å². The molecule has 0 aliphatic heterocycles. The molecule has 0 atom stereocenters. The summed E-state index contributed by atoms with van der Waals surface area (Å²) in [5.41, 5.74) is 1.01. The molecule has 2 N–H and O–H groups in total. The van der Waals surface area contributed by atoms with Gasteiger partial charge in [0.2, 0.25) is 5.91 Å². The average Bonchev–Trinajstić information content (AvgIpc) is 2.30. The van der Waals surface area contributed by atoms with Crippen LogP contribution in [0.15, 0.2) is 12.2 Å². The molecule has 4 nitrogen and oxygen atoms in total. The fourth-order valence-electron chi connectivity index (χ4n) is 1.36. The van der Waals surface area contributed by atoms with Crippen molar-refractivity contribution in [2.75, 3.05) is 26.3 Å². The van der Waals surface area contributed by atoms with Gasteiger partial charge in [-0.1, -0.05) is 26.0 Å². The van der Waals surface area contributed by atoms with Crippen molar-refractivity contribution >= 4 is 5.91 Å². The van der Waals surface area contributed by atoms with Crippen LogP contribution in [0.4, 0.5) is 0 Å². The van der Waals surface area contributed by atoms with Gasteiger partial charge in [-0.05, 0) is 19.8 Å². The van der Waals surface area contributed by atoms with Crippen LogP contribution in [0, 0.1) is 0 Å². The molecule has 0 aromatic rings. The van der Waals surface area contributed by atoms with Gasteiger partial charge in [-0.15, -0.1) is 0 Å². The third kappa shape index (κ3) is 10.0. The highest BCUT2D eigenvalue weighted by atomic mass is 16.5. The van der Waals surface area contributed by atoms with Crippen LogP contribution < -0.4 is 10.6 Å². The van der Waals surface area contributed by atoms with Crippen LogP contribution in [-0.4, -0.2) is 38.3 Å². The Labute approximate surface area is 105 Å². The highest BCUT2D eigenvalue weighted by Gasteiger charge is 2.06. The smallest absolute Gasteiger partial charge is 0.234 e. The van der Waals surface area contributed by atoms with E-state index in [0.717, 1.165) is 18.4 Å². The Morgan fingerprint density at radius 1 is 1.35 bits per heavy atom. The molecule has 0 bridgehead atoms. The van der Waals surface area contributed by atoms with E-state index >= 15 is 0 Å². The third-order valence-corrected chi connectivity index (χ3v) is 2.41. The largest absolute Gasteiger partial charge is 0.376 e. The fraction of sp³-hybridized carbons (Fsp3) is 0.769. The van der Waals surface area contributed by atoms with Crippen LogP contribution in [-0.2, 0) is 9.53 Å². The van der Waals surface area contributed by atoms with E-state index in [1.54, 1.807) is 0 Å². The summed E-state index contributed by atoms with van der Waals surface area (Å²) >= 11 is 0. The van der Waals surface area contributed by atoms with Crippen LogP contribution in [0.25, 0.3) is 0 Å². The Bertz CT molecular complexity index is 225. The number of rotatable bonds is 10. The van der Waals surface area contributed by atoms with Crippen molar-refractivity contribution < 1.29 is 9.53 Å². The minimum Gasteiger partial charge on any atom is -0.376 e. The number of amides is 1. The van der Waals surface area contributed by atoms with Gasteiger partial charge in [0.15, 0.2) is 0 Å². The number of hydrogen-bond donors (Lipinski definition) is 2. The quantitative estimate of drug-likeness (QED) is 0.450. The number of ether oxygens (including phenoxy) is 1. The molecule has 0 aromatic heterocycles. The van der Waals surface area contributed by atoms with Gasteiger partial charge >= 0.3 is 0 Å². The lowest BCUT2D eigenvalue weighted by molar-refractivity contribution is -0.121. The van der Waals surface area contributed by atoms with Gasteiger partial charge in [0.25, 0.3) is 0 Å². The second-order valence-corrected chi connectivity index (χ2v) is 4.27. The molecule has 0 aliphatic rings. The van der Waals surface area contributed by atoms with E-state index in [9.17, 15) is 4.79 Å². The molecule has 0 unspecified atom stereocenters. The zero-order valence-corrected chi connectivity index (χ0v) is 11.3. The van der Waals surface area contributed by atoms with Crippen molar-refractivity contribution in [3.05, 3.63) is 12.2 Å². The van der Waals surface area contributed by atoms with Crippen molar-refractivity contribution in [1.82, 2.24) is 10.6 Å². The van der Waals surface area contributed by atoms with Gasteiger partial charge in [0.1, 0.15) is 0 Å². The number of nitrogens with one attached hydrogen (secondary N) is 2. The first-order chi connectivity index (χ1) is 8.10. The fourth-order valence-corrected chi connectivity index (χ4v) is 1.36. The first kappa shape index (κ1) is 16.1. The van der Waals surface area contributed by atoms with Crippen LogP contribution >= 0.6 is 0 Å². The second kappa shape index (κ2) is 10.3. The second-order valence-electron chi connectivity index (χ2n) is 4.27. The van der Waals surface area contributed by atoms with Crippen LogP contribution in [0.5, 0.6) is 0 Å². The van der Waals surface area contributed by atoms with E-state index in [0.29, 0.717) is 32.3 Å². The van der Waals surface area contributed by atoms with Crippen molar-refractivity contribution in [2.45, 2.75) is 39.7 Å². The lowest BCUT2D eigenvalue weighted by Gasteiger charge is -2.14. The van der Waals surface area contributed by atoms with Crippen molar-refractivity contribution in [2.24, 2.45) is 0 Å². The van der Waals surface area contributed by atoms with Gasteiger partial charge in [0, 0.05) is 12.6 Å². The SMILES string of the molecule is C=C(C)COCCNCC(=O)NC(CC)CC. The van der Waals surface area contributed by atoms with E-state index in [1.807, 2.05) is 6.92 Å². The van der Waals surface area contributed by atoms with Crippen molar-refractivity contribution in [3.63, 3.8) is 0 Å². The third-order valence-electron chi connectivity index (χ3n) is 2.41. The van der Waals surface area contributed by atoms with Crippen molar-refractivity contribution in [1.29, 1.82) is 0 Å². The molecule has 0 radical (unpaired) electrons. The first-order valence-corrected chi connectivity index (χ1v) is 6.32. The van der Waals surface area contributed by atoms with Crippen LogP contribution in [0.3, 0.4) is 0 Å². The molecule has 4 heteroatoms. The highest BCUT2D eigenvalue weighted by molar-refractivity contribution is 5.78. The maximum Gasteiger partial charge on any atom is 0.234 e. The molecule has 0 aliphatic carbocycles. The summed E-state index contributed by atoms with van der Waals surface area (Å²) in [6.07, 6.45) is 1.95. The highest BCUT2D eigenvalue weighted by Crippen LogP contribution is 1.94. The minimum absolute atomic E-state index is 0.0543. The summed E-state index contributed by atoms with van der Waals surface area (Å²) in [5, 5.41) is 6.01. The minimum atomic E-state index is 0.0543. The molecule has 0 rings (SSSR count). The molecule has 0 saturated carbocycles. The Hall–Kier alpha value is -0.870. The van der Waals surface area contributed by atoms with Gasteiger partial charge in [0.05, 0.1) is 19.8 Å². The average molecular weight is 242 g/mol. The Morgan fingerprint density at radius 2 is 2.00 bits per heavy atom. The van der Waals surface area contributed by atoms with Crippen LogP contribution in [0.1, 0.15) is 33.6 Å². The normalized spacial score (nSPS) is 10.6. The van der Waals surface area contributed by atoms with Gasteiger partial charge in [-0.25, -0.2) is 0 Å². The molecule has 0 aromatic carbocycles. The summed E-state index contributed by atoms with van der Waals surface area (Å²) in [4.78, 5) is 11.5. The Kier molecular flexibility index (Phi) is 9.77. The van der Waals surface area contributed by atoms with E-state index in [4.69, 9.17) is 4.74 Å². The molecule has 100 valence electrons. The lowest BCUT2D eigenvalue weighted by atomic mass is 10.2. The Morgan fingerprint density at radius 3 is 2.53 bits per heavy atom. The van der Waals surface area contributed by atoms with Gasteiger partial charge in [-0.3, -0.25) is 4.79 Å². The van der Waals surface area contributed by atoms with E-state index in [-0.39, 0.29) is 5.91 Å². The Balaban J connectivity index is 3.42. The molecule has 17 heavy (non-hydrogen) atoms. The first-order valence-electron chi connectivity index (χ1n) is 6.32. The predicted octanol–water partition coefficient (Wildman–Crippen LogP) is 1.47. The number of carbonyl (C=O) groups is 1. The molecule has 0 saturated heterocycles. The summed E-state index contributed by atoms with van der Waals surface area (Å²) in [6, 6.07) is 0.295. The topological polar surface area (TPSA) is 50.4 Å². The molecule has 0 heterocycles. The molecular formula is C13H26N2O2. The summed E-state index contributed by atoms with van der Waals surface area (Å²) in [5.74, 6) is 0.0543. The zero-order valence-electron chi connectivity index (χ0n) is 11.3. The zero-order chi connectivity index (χ0) is 13.1. The summed E-state index contributed by atoms with van der Waals surface area (Å²) < 4.78 is 5.31.